The van der Waals surface area contributed by atoms with Crippen molar-refractivity contribution in [3.63, 3.8) is 0 Å². The Kier molecular flexibility index (Phi) is 5.25. The van der Waals surface area contributed by atoms with Crippen LogP contribution in [0.15, 0.2) is 52.9 Å². The molecule has 1 heterocycles. The lowest BCUT2D eigenvalue weighted by Crippen LogP contribution is -1.95. The first-order valence-corrected chi connectivity index (χ1v) is 7.38. The molecule has 3 rings (SSSR count). The van der Waals surface area contributed by atoms with E-state index < -0.39 is 5.97 Å². The van der Waals surface area contributed by atoms with E-state index in [9.17, 15) is 4.79 Å². The number of benzene rings is 2. The minimum atomic E-state index is -0.991. The van der Waals surface area contributed by atoms with Crippen LogP contribution in [0.4, 0.5) is 0 Å². The van der Waals surface area contributed by atoms with Crippen LogP contribution in [0.25, 0.3) is 22.9 Å². The first-order chi connectivity index (χ1) is 11.1. The molecule has 0 bridgehead atoms. The summed E-state index contributed by atoms with van der Waals surface area (Å²) in [6, 6.07) is 14.1. The van der Waals surface area contributed by atoms with E-state index in [4.69, 9.17) is 9.52 Å². The Morgan fingerprint density at radius 3 is 2.17 bits per heavy atom. The van der Waals surface area contributed by atoms with Gasteiger partial charge in [-0.25, -0.2) is 4.79 Å². The zero-order valence-corrected chi connectivity index (χ0v) is 13.3. The fraction of sp³-hybridized carbons (Fsp3) is 0.167. The molecule has 5 nitrogen and oxygen atoms in total. The molecule has 23 heavy (non-hydrogen) atoms. The van der Waals surface area contributed by atoms with E-state index in [1.54, 1.807) is 12.1 Å². The van der Waals surface area contributed by atoms with Crippen LogP contribution in [0.2, 0.25) is 0 Å². The van der Waals surface area contributed by atoms with Gasteiger partial charge in [-0.2, -0.15) is 0 Å². The minimum absolute atomic E-state index is 0.183. The van der Waals surface area contributed by atoms with Crippen molar-refractivity contribution in [3.05, 3.63) is 59.7 Å². The number of rotatable bonds is 3. The number of carbonyl (C=O) groups is 1. The second kappa shape index (κ2) is 7.35. The molecule has 1 N–H and O–H groups in total. The van der Waals surface area contributed by atoms with E-state index in [1.165, 1.54) is 12.1 Å². The Balaban J connectivity index is 0.000000924. The molecule has 0 aliphatic rings. The maximum Gasteiger partial charge on any atom is 0.335 e. The van der Waals surface area contributed by atoms with Crippen LogP contribution in [0, 0.1) is 6.92 Å². The van der Waals surface area contributed by atoms with Crippen LogP contribution in [-0.4, -0.2) is 21.3 Å². The summed E-state index contributed by atoms with van der Waals surface area (Å²) in [7, 11) is 0. The number of hydrogen-bond donors (Lipinski definition) is 1. The largest absolute Gasteiger partial charge is 0.478 e. The van der Waals surface area contributed by atoms with Gasteiger partial charge < -0.3 is 9.52 Å². The van der Waals surface area contributed by atoms with Gasteiger partial charge in [0.25, 0.3) is 0 Å². The van der Waals surface area contributed by atoms with Crippen molar-refractivity contribution in [2.45, 2.75) is 20.8 Å². The minimum Gasteiger partial charge on any atom is -0.478 e. The zero-order valence-electron chi connectivity index (χ0n) is 13.3. The summed E-state index contributed by atoms with van der Waals surface area (Å²) < 4.78 is 5.62. The van der Waals surface area contributed by atoms with E-state index in [-0.39, 0.29) is 5.56 Å². The number of hydrogen-bond acceptors (Lipinski definition) is 4. The van der Waals surface area contributed by atoms with Gasteiger partial charge in [-0.05, 0) is 37.3 Å². The summed E-state index contributed by atoms with van der Waals surface area (Å²) in [5, 5.41) is 17.0. The SMILES string of the molecule is CC.Cc1ccc(-c2nnc(-c3cccc(C(=O)O)c3)o2)cc1. The van der Waals surface area contributed by atoms with Gasteiger partial charge in [-0.3, -0.25) is 0 Å². The Morgan fingerprint density at radius 2 is 1.57 bits per heavy atom. The second-order valence-electron chi connectivity index (χ2n) is 4.66. The lowest BCUT2D eigenvalue weighted by atomic mass is 10.1. The summed E-state index contributed by atoms with van der Waals surface area (Å²) in [4.78, 5) is 11.0. The van der Waals surface area contributed by atoms with Crippen LogP contribution in [-0.2, 0) is 0 Å². The van der Waals surface area contributed by atoms with Gasteiger partial charge in [0.1, 0.15) is 0 Å². The highest BCUT2D eigenvalue weighted by Gasteiger charge is 2.12. The van der Waals surface area contributed by atoms with Crippen molar-refractivity contribution in [2.75, 3.05) is 0 Å². The molecule has 1 aromatic heterocycles. The fourth-order valence-electron chi connectivity index (χ4n) is 1.94. The monoisotopic (exact) mass is 310 g/mol. The summed E-state index contributed by atoms with van der Waals surface area (Å²) >= 11 is 0. The molecule has 2 aromatic carbocycles. The molecule has 0 unspecified atom stereocenters. The predicted octanol–water partition coefficient (Wildman–Crippen LogP) is 4.44. The van der Waals surface area contributed by atoms with Crippen molar-refractivity contribution in [2.24, 2.45) is 0 Å². The van der Waals surface area contributed by atoms with Gasteiger partial charge in [0.2, 0.25) is 11.8 Å². The number of nitrogens with zero attached hydrogens (tertiary/aromatic N) is 2. The molecule has 5 heteroatoms. The highest BCUT2D eigenvalue weighted by Crippen LogP contribution is 2.24. The van der Waals surface area contributed by atoms with Crippen molar-refractivity contribution in [3.8, 4) is 22.9 Å². The molecule has 0 fully saturated rings. The topological polar surface area (TPSA) is 76.2 Å². The molecule has 3 aromatic rings. The Hall–Kier alpha value is -2.95. The average Bonchev–Trinajstić information content (AvgIpc) is 3.07. The second-order valence-corrected chi connectivity index (χ2v) is 4.66. The average molecular weight is 310 g/mol. The van der Waals surface area contributed by atoms with Gasteiger partial charge >= 0.3 is 5.97 Å². The molecule has 0 spiro atoms. The molecular formula is C18H18N2O3. The van der Waals surface area contributed by atoms with Crippen LogP contribution >= 0.6 is 0 Å². The van der Waals surface area contributed by atoms with Crippen molar-refractivity contribution >= 4 is 5.97 Å². The summed E-state index contributed by atoms with van der Waals surface area (Å²) in [6.07, 6.45) is 0. The zero-order chi connectivity index (χ0) is 16.8. The van der Waals surface area contributed by atoms with Crippen LogP contribution in [0.5, 0.6) is 0 Å². The number of aromatic nitrogens is 2. The quantitative estimate of drug-likeness (QED) is 0.774. The third kappa shape index (κ3) is 3.83. The first-order valence-electron chi connectivity index (χ1n) is 7.38. The molecule has 0 saturated heterocycles. The third-order valence-corrected chi connectivity index (χ3v) is 3.08. The van der Waals surface area contributed by atoms with E-state index in [0.29, 0.717) is 17.3 Å². The predicted molar refractivity (Wildman–Crippen MR) is 88.2 cm³/mol. The van der Waals surface area contributed by atoms with Gasteiger partial charge in [-0.1, -0.05) is 37.6 Å². The maximum atomic E-state index is 11.0. The fourth-order valence-corrected chi connectivity index (χ4v) is 1.94. The van der Waals surface area contributed by atoms with E-state index >= 15 is 0 Å². The Labute approximate surface area is 134 Å². The first kappa shape index (κ1) is 16.4. The van der Waals surface area contributed by atoms with E-state index in [0.717, 1.165) is 11.1 Å². The molecule has 0 saturated carbocycles. The van der Waals surface area contributed by atoms with Crippen LogP contribution < -0.4 is 0 Å². The van der Waals surface area contributed by atoms with E-state index in [1.807, 2.05) is 45.0 Å². The molecule has 118 valence electrons. The molecule has 0 aliphatic heterocycles. The van der Waals surface area contributed by atoms with E-state index in [2.05, 4.69) is 10.2 Å². The van der Waals surface area contributed by atoms with Crippen molar-refractivity contribution in [1.29, 1.82) is 0 Å². The molecule has 0 amide bonds. The van der Waals surface area contributed by atoms with Gasteiger partial charge in [0.05, 0.1) is 5.56 Å². The lowest BCUT2D eigenvalue weighted by molar-refractivity contribution is 0.0697. The third-order valence-electron chi connectivity index (χ3n) is 3.08. The highest BCUT2D eigenvalue weighted by atomic mass is 16.4. The summed E-state index contributed by atoms with van der Waals surface area (Å²) in [5.74, 6) is -0.283. The number of aromatic carboxylic acids is 1. The molecule has 0 radical (unpaired) electrons. The summed E-state index contributed by atoms with van der Waals surface area (Å²) in [5.41, 5.74) is 2.74. The van der Waals surface area contributed by atoms with Gasteiger partial charge in [-0.15, -0.1) is 10.2 Å². The van der Waals surface area contributed by atoms with Crippen LogP contribution in [0.3, 0.4) is 0 Å². The Morgan fingerprint density at radius 1 is 0.957 bits per heavy atom. The number of aryl methyl sites for hydroxylation is 1. The standard InChI is InChI=1S/C16H12N2O3.C2H6/c1-10-5-7-11(8-6-10)14-17-18-15(21-14)12-3-2-4-13(9-12)16(19)20;1-2/h2-9H,1H3,(H,19,20);1-2H3. The maximum absolute atomic E-state index is 11.0. The van der Waals surface area contributed by atoms with Crippen LogP contribution in [0.1, 0.15) is 29.8 Å². The lowest BCUT2D eigenvalue weighted by Gasteiger charge is -1.98. The van der Waals surface area contributed by atoms with Gasteiger partial charge in [0, 0.05) is 11.1 Å². The number of carboxylic acids is 1. The molecule has 0 aliphatic carbocycles. The number of carboxylic acid groups (broad SMARTS) is 1. The normalized spacial score (nSPS) is 9.87. The summed E-state index contributed by atoms with van der Waals surface area (Å²) in [6.45, 7) is 6.00. The Bertz CT molecular complexity index is 792. The van der Waals surface area contributed by atoms with Crippen molar-refractivity contribution in [1.82, 2.24) is 10.2 Å². The molecular weight excluding hydrogens is 292 g/mol. The molecule has 0 atom stereocenters. The van der Waals surface area contributed by atoms with Gasteiger partial charge in [0.15, 0.2) is 0 Å². The van der Waals surface area contributed by atoms with Crippen molar-refractivity contribution < 1.29 is 14.3 Å². The smallest absolute Gasteiger partial charge is 0.335 e. The highest BCUT2D eigenvalue weighted by molar-refractivity contribution is 5.88.